The lowest BCUT2D eigenvalue weighted by atomic mass is 9.97. The van der Waals surface area contributed by atoms with E-state index in [4.69, 9.17) is 22.3 Å². The van der Waals surface area contributed by atoms with Crippen LogP contribution >= 0.6 is 35.6 Å². The molecule has 1 amide bonds. The average Bonchev–Trinajstić information content (AvgIpc) is 2.66. The fourth-order valence-corrected chi connectivity index (χ4v) is 3.50. The summed E-state index contributed by atoms with van der Waals surface area (Å²) in [5.74, 6) is 0.738. The standard InChI is InChI=1S/C20H32ClN5O.HI/c1-3-23-20(25(2)14-16-7-9-18(21)10-8-16)24-11-5-13-26-12-4-6-17(15-26)19(22)27;/h7-10,17H,3-6,11-15H2,1-2H3,(H2,22,27)(H,23,24);1H. The second kappa shape index (κ2) is 13.2. The van der Waals surface area contributed by atoms with Gasteiger partial charge in [-0.2, -0.15) is 0 Å². The van der Waals surface area contributed by atoms with Gasteiger partial charge in [0.25, 0.3) is 0 Å². The highest BCUT2D eigenvalue weighted by atomic mass is 127. The van der Waals surface area contributed by atoms with E-state index in [9.17, 15) is 4.79 Å². The molecule has 3 N–H and O–H groups in total. The van der Waals surface area contributed by atoms with Crippen LogP contribution in [-0.2, 0) is 11.3 Å². The van der Waals surface area contributed by atoms with E-state index >= 15 is 0 Å². The Morgan fingerprint density at radius 3 is 2.75 bits per heavy atom. The number of piperidine rings is 1. The van der Waals surface area contributed by atoms with Crippen LogP contribution in [0.2, 0.25) is 5.02 Å². The molecule has 158 valence electrons. The molecule has 2 rings (SSSR count). The summed E-state index contributed by atoms with van der Waals surface area (Å²) in [4.78, 5) is 20.6. The lowest BCUT2D eigenvalue weighted by molar-refractivity contribution is -0.123. The molecule has 8 heteroatoms. The number of likely N-dealkylation sites (tertiary alicyclic amines) is 1. The molecule has 0 radical (unpaired) electrons. The van der Waals surface area contributed by atoms with Crippen LogP contribution in [0.4, 0.5) is 0 Å². The Morgan fingerprint density at radius 2 is 2.11 bits per heavy atom. The maximum absolute atomic E-state index is 11.4. The number of aliphatic imine (C=N–C) groups is 1. The number of halogens is 2. The number of benzene rings is 1. The number of rotatable bonds is 8. The summed E-state index contributed by atoms with van der Waals surface area (Å²) in [6, 6.07) is 7.89. The van der Waals surface area contributed by atoms with Gasteiger partial charge in [-0.3, -0.25) is 9.79 Å². The summed E-state index contributed by atoms with van der Waals surface area (Å²) in [6.07, 6.45) is 2.93. The molecule has 1 aliphatic rings. The number of carbonyl (C=O) groups excluding carboxylic acids is 1. The van der Waals surface area contributed by atoms with Crippen LogP contribution in [0.5, 0.6) is 0 Å². The van der Waals surface area contributed by atoms with Crippen LogP contribution in [0.25, 0.3) is 0 Å². The summed E-state index contributed by atoms with van der Waals surface area (Å²) in [7, 11) is 2.04. The van der Waals surface area contributed by atoms with Crippen molar-refractivity contribution in [1.82, 2.24) is 15.1 Å². The summed E-state index contributed by atoms with van der Waals surface area (Å²) in [5, 5.41) is 4.10. The first-order chi connectivity index (χ1) is 13.0. The minimum atomic E-state index is -0.170. The highest BCUT2D eigenvalue weighted by Crippen LogP contribution is 2.16. The molecule has 0 spiro atoms. The van der Waals surface area contributed by atoms with E-state index in [1.165, 1.54) is 5.56 Å². The van der Waals surface area contributed by atoms with Gasteiger partial charge in [0.15, 0.2) is 5.96 Å². The zero-order valence-corrected chi connectivity index (χ0v) is 20.0. The maximum atomic E-state index is 11.4. The van der Waals surface area contributed by atoms with Crippen LogP contribution in [0.15, 0.2) is 29.3 Å². The predicted molar refractivity (Wildman–Crippen MR) is 127 cm³/mol. The average molecular weight is 522 g/mol. The van der Waals surface area contributed by atoms with Gasteiger partial charge in [-0.25, -0.2) is 0 Å². The van der Waals surface area contributed by atoms with Crippen LogP contribution in [0.3, 0.4) is 0 Å². The van der Waals surface area contributed by atoms with Crippen molar-refractivity contribution in [3.63, 3.8) is 0 Å². The molecular weight excluding hydrogens is 489 g/mol. The topological polar surface area (TPSA) is 74.0 Å². The first-order valence-electron chi connectivity index (χ1n) is 9.75. The van der Waals surface area contributed by atoms with E-state index in [1.54, 1.807) is 0 Å². The van der Waals surface area contributed by atoms with Crippen molar-refractivity contribution >= 4 is 47.4 Å². The van der Waals surface area contributed by atoms with E-state index in [2.05, 4.69) is 22.0 Å². The lowest BCUT2D eigenvalue weighted by Crippen LogP contribution is -2.41. The number of carbonyl (C=O) groups is 1. The third kappa shape index (κ3) is 8.53. The Bertz CT molecular complexity index is 626. The molecular formula is C20H33ClIN5O. The number of nitrogens with one attached hydrogen (secondary N) is 1. The van der Waals surface area contributed by atoms with Crippen LogP contribution in [0, 0.1) is 5.92 Å². The fourth-order valence-electron chi connectivity index (χ4n) is 3.38. The summed E-state index contributed by atoms with van der Waals surface area (Å²) >= 11 is 5.96. The number of amides is 1. The summed E-state index contributed by atoms with van der Waals surface area (Å²) in [5.41, 5.74) is 6.65. The quantitative estimate of drug-likeness (QED) is 0.239. The van der Waals surface area contributed by atoms with E-state index in [0.717, 1.165) is 69.5 Å². The molecule has 1 aromatic carbocycles. The fraction of sp³-hybridized carbons (Fsp3) is 0.600. The second-order valence-corrected chi connectivity index (χ2v) is 7.55. The number of primary amides is 1. The highest BCUT2D eigenvalue weighted by Gasteiger charge is 2.23. The molecule has 1 fully saturated rings. The van der Waals surface area contributed by atoms with E-state index in [1.807, 2.05) is 31.3 Å². The monoisotopic (exact) mass is 521 g/mol. The van der Waals surface area contributed by atoms with Gasteiger partial charge in [0, 0.05) is 38.2 Å². The molecule has 1 unspecified atom stereocenters. The van der Waals surface area contributed by atoms with E-state index < -0.39 is 0 Å². The predicted octanol–water partition coefficient (Wildman–Crippen LogP) is 2.94. The molecule has 6 nitrogen and oxygen atoms in total. The number of hydrogen-bond acceptors (Lipinski definition) is 3. The van der Waals surface area contributed by atoms with Gasteiger partial charge >= 0.3 is 0 Å². The number of nitrogens with two attached hydrogens (primary N) is 1. The first-order valence-corrected chi connectivity index (χ1v) is 10.1. The molecule has 0 saturated carbocycles. The smallest absolute Gasteiger partial charge is 0.221 e. The van der Waals surface area contributed by atoms with Crippen molar-refractivity contribution in [1.29, 1.82) is 0 Å². The van der Waals surface area contributed by atoms with Gasteiger partial charge in [-0.1, -0.05) is 23.7 Å². The van der Waals surface area contributed by atoms with Crippen molar-refractivity contribution in [2.24, 2.45) is 16.6 Å². The van der Waals surface area contributed by atoms with Crippen LogP contribution < -0.4 is 11.1 Å². The summed E-state index contributed by atoms with van der Waals surface area (Å²) < 4.78 is 0. The largest absolute Gasteiger partial charge is 0.369 e. The van der Waals surface area contributed by atoms with Crippen molar-refractivity contribution in [2.45, 2.75) is 32.7 Å². The van der Waals surface area contributed by atoms with Gasteiger partial charge < -0.3 is 20.9 Å². The minimum absolute atomic E-state index is 0. The van der Waals surface area contributed by atoms with Gasteiger partial charge in [0.1, 0.15) is 0 Å². The Kier molecular flexibility index (Phi) is 11.8. The summed E-state index contributed by atoms with van der Waals surface area (Å²) in [6.45, 7) is 7.22. The Morgan fingerprint density at radius 1 is 1.39 bits per heavy atom. The molecule has 1 heterocycles. The molecule has 28 heavy (non-hydrogen) atoms. The van der Waals surface area contributed by atoms with E-state index in [-0.39, 0.29) is 35.8 Å². The first kappa shape index (κ1) is 25.0. The zero-order valence-electron chi connectivity index (χ0n) is 16.9. The molecule has 1 saturated heterocycles. The normalized spacial score (nSPS) is 17.7. The maximum Gasteiger partial charge on any atom is 0.221 e. The number of hydrogen-bond donors (Lipinski definition) is 2. The van der Waals surface area contributed by atoms with Crippen LogP contribution in [-0.4, -0.2) is 61.4 Å². The van der Waals surface area contributed by atoms with Gasteiger partial charge in [-0.15, -0.1) is 24.0 Å². The zero-order chi connectivity index (χ0) is 19.6. The van der Waals surface area contributed by atoms with Gasteiger partial charge in [0.05, 0.1) is 5.92 Å². The highest BCUT2D eigenvalue weighted by molar-refractivity contribution is 14.0. The Hall–Kier alpha value is -1.06. The van der Waals surface area contributed by atoms with Crippen molar-refractivity contribution in [2.75, 3.05) is 39.8 Å². The molecule has 1 aliphatic heterocycles. The second-order valence-electron chi connectivity index (χ2n) is 7.11. The Balaban J connectivity index is 0.00000392. The molecule has 0 aromatic heterocycles. The number of guanidine groups is 1. The number of nitrogens with zero attached hydrogens (tertiary/aromatic N) is 3. The van der Waals surface area contributed by atoms with Crippen molar-refractivity contribution in [3.8, 4) is 0 Å². The molecule has 1 atom stereocenters. The van der Waals surface area contributed by atoms with Crippen molar-refractivity contribution < 1.29 is 4.79 Å². The minimum Gasteiger partial charge on any atom is -0.369 e. The van der Waals surface area contributed by atoms with Crippen LogP contribution in [0.1, 0.15) is 31.7 Å². The molecule has 0 aliphatic carbocycles. The van der Waals surface area contributed by atoms with Gasteiger partial charge in [0.2, 0.25) is 5.91 Å². The molecule has 0 bridgehead atoms. The molecule has 1 aromatic rings. The van der Waals surface area contributed by atoms with Crippen molar-refractivity contribution in [3.05, 3.63) is 34.9 Å². The third-order valence-electron chi connectivity index (χ3n) is 4.83. The third-order valence-corrected chi connectivity index (χ3v) is 5.08. The SMILES string of the molecule is CCNC(=NCCCN1CCCC(C(N)=O)C1)N(C)Cc1ccc(Cl)cc1.I. The van der Waals surface area contributed by atoms with E-state index in [0.29, 0.717) is 0 Å². The van der Waals surface area contributed by atoms with Gasteiger partial charge in [-0.05, 0) is 57.0 Å². The Labute approximate surface area is 190 Å². The lowest BCUT2D eigenvalue weighted by Gasteiger charge is -2.30.